The van der Waals surface area contributed by atoms with E-state index < -0.39 is 0 Å². The van der Waals surface area contributed by atoms with Crippen molar-refractivity contribution >= 4 is 10.9 Å². The van der Waals surface area contributed by atoms with Crippen LogP contribution in [0.15, 0.2) is 18.2 Å². The topological polar surface area (TPSA) is 17.0 Å². The molecule has 1 aliphatic rings. The number of fused-ring (bicyclic) bond motifs is 3. The lowest BCUT2D eigenvalue weighted by atomic mass is 10.0. The minimum absolute atomic E-state index is 0.593. The number of para-hydroxylation sites is 1. The van der Waals surface area contributed by atoms with E-state index in [4.69, 9.17) is 0 Å². The van der Waals surface area contributed by atoms with Crippen molar-refractivity contribution < 1.29 is 0 Å². The van der Waals surface area contributed by atoms with Crippen molar-refractivity contribution in [1.29, 1.82) is 0 Å². The fourth-order valence-corrected chi connectivity index (χ4v) is 3.10. The predicted molar refractivity (Wildman–Crippen MR) is 72.3 cm³/mol. The number of aryl methyl sites for hydroxylation is 2. The van der Waals surface area contributed by atoms with E-state index in [1.54, 1.807) is 0 Å². The number of benzene rings is 1. The minimum atomic E-state index is 0.593. The highest BCUT2D eigenvalue weighted by Crippen LogP contribution is 2.31. The van der Waals surface area contributed by atoms with Crippen LogP contribution in [0.4, 0.5) is 0 Å². The summed E-state index contributed by atoms with van der Waals surface area (Å²) in [4.78, 5) is 0. The van der Waals surface area contributed by atoms with Gasteiger partial charge in [-0.1, -0.05) is 25.1 Å². The third-order valence-electron chi connectivity index (χ3n) is 4.04. The lowest BCUT2D eigenvalue weighted by Gasteiger charge is -2.21. The highest BCUT2D eigenvalue weighted by atomic mass is 15.0. The number of aromatic nitrogens is 1. The Hall–Kier alpha value is -1.28. The van der Waals surface area contributed by atoms with E-state index in [1.165, 1.54) is 27.7 Å². The predicted octanol–water partition coefficient (Wildman–Crippen LogP) is 2.77. The molecule has 0 saturated carbocycles. The Morgan fingerprint density at radius 1 is 1.41 bits per heavy atom. The van der Waals surface area contributed by atoms with Gasteiger partial charge in [0.1, 0.15) is 0 Å². The summed E-state index contributed by atoms with van der Waals surface area (Å²) in [6, 6.07) is 7.31. The lowest BCUT2D eigenvalue weighted by molar-refractivity contribution is 0.501. The summed E-state index contributed by atoms with van der Waals surface area (Å²) in [5.41, 5.74) is 5.94. The second-order valence-electron chi connectivity index (χ2n) is 5.14. The zero-order valence-corrected chi connectivity index (χ0v) is 10.9. The molecule has 0 spiro atoms. The molecule has 1 unspecified atom stereocenters. The van der Waals surface area contributed by atoms with Gasteiger partial charge in [0, 0.05) is 37.1 Å². The largest absolute Gasteiger partial charge is 0.347 e. The van der Waals surface area contributed by atoms with Gasteiger partial charge >= 0.3 is 0 Å². The number of hydrogen-bond donors (Lipinski definition) is 1. The van der Waals surface area contributed by atoms with Gasteiger partial charge in [-0.15, -0.1) is 0 Å². The Bertz CT molecular complexity index is 566. The normalized spacial score (nSPS) is 19.6. The molecule has 2 nitrogen and oxygen atoms in total. The monoisotopic (exact) mass is 228 g/mol. The van der Waals surface area contributed by atoms with Crippen LogP contribution in [0.25, 0.3) is 10.9 Å². The van der Waals surface area contributed by atoms with E-state index >= 15 is 0 Å². The molecule has 0 amide bonds. The van der Waals surface area contributed by atoms with Gasteiger partial charge in [0.05, 0.1) is 5.52 Å². The van der Waals surface area contributed by atoms with Crippen molar-refractivity contribution in [2.75, 3.05) is 0 Å². The molecule has 90 valence electrons. The molecule has 0 radical (unpaired) electrons. The number of nitrogens with one attached hydrogen (secondary N) is 1. The molecule has 3 rings (SSSR count). The van der Waals surface area contributed by atoms with Crippen molar-refractivity contribution in [3.63, 3.8) is 0 Å². The molecule has 0 bridgehead atoms. The maximum Gasteiger partial charge on any atom is 0.0515 e. The molecule has 0 aliphatic carbocycles. The zero-order valence-electron chi connectivity index (χ0n) is 10.9. The van der Waals surface area contributed by atoms with Crippen molar-refractivity contribution in [3.8, 4) is 0 Å². The van der Waals surface area contributed by atoms with E-state index in [2.05, 4.69) is 49.0 Å². The Balaban J connectivity index is 2.33. The Kier molecular flexibility index (Phi) is 2.48. The molecule has 0 fully saturated rings. The van der Waals surface area contributed by atoms with Crippen molar-refractivity contribution in [2.24, 2.45) is 7.05 Å². The Labute approximate surface area is 103 Å². The van der Waals surface area contributed by atoms with Crippen LogP contribution < -0.4 is 5.32 Å². The minimum Gasteiger partial charge on any atom is -0.347 e. The molecular weight excluding hydrogens is 208 g/mol. The number of nitrogens with zero attached hydrogens (tertiary/aromatic N) is 1. The lowest BCUT2D eigenvalue weighted by Crippen LogP contribution is -2.33. The van der Waals surface area contributed by atoms with Crippen LogP contribution in [-0.2, 0) is 26.4 Å². The van der Waals surface area contributed by atoms with Gasteiger partial charge in [-0.3, -0.25) is 0 Å². The van der Waals surface area contributed by atoms with Crippen LogP contribution >= 0.6 is 0 Å². The first kappa shape index (κ1) is 10.8. The summed E-state index contributed by atoms with van der Waals surface area (Å²) >= 11 is 0. The van der Waals surface area contributed by atoms with Crippen LogP contribution in [0.2, 0.25) is 0 Å². The Morgan fingerprint density at radius 2 is 2.24 bits per heavy atom. The van der Waals surface area contributed by atoms with Gasteiger partial charge < -0.3 is 9.88 Å². The van der Waals surface area contributed by atoms with Gasteiger partial charge in [0.2, 0.25) is 0 Å². The van der Waals surface area contributed by atoms with E-state index in [0.29, 0.717) is 6.04 Å². The molecule has 0 saturated heterocycles. The van der Waals surface area contributed by atoms with Crippen LogP contribution in [0.1, 0.15) is 30.7 Å². The van der Waals surface area contributed by atoms with Crippen molar-refractivity contribution in [2.45, 2.75) is 39.3 Å². The maximum absolute atomic E-state index is 3.57. The third kappa shape index (κ3) is 1.51. The van der Waals surface area contributed by atoms with E-state index in [-0.39, 0.29) is 0 Å². The van der Waals surface area contributed by atoms with Crippen LogP contribution in [0, 0.1) is 0 Å². The molecule has 1 atom stereocenters. The van der Waals surface area contributed by atoms with Crippen molar-refractivity contribution in [1.82, 2.24) is 9.88 Å². The summed E-state index contributed by atoms with van der Waals surface area (Å²) in [6.07, 6.45) is 2.25. The molecule has 1 aromatic carbocycles. The first-order valence-electron chi connectivity index (χ1n) is 6.53. The van der Waals surface area contributed by atoms with Crippen molar-refractivity contribution in [3.05, 3.63) is 35.0 Å². The fraction of sp³-hybridized carbons (Fsp3) is 0.467. The summed E-state index contributed by atoms with van der Waals surface area (Å²) in [5.74, 6) is 0. The SMILES string of the molecule is CCc1cccc2c3c(n(C)c12)CC(C)NC3. The average Bonchev–Trinajstić information content (AvgIpc) is 2.63. The number of rotatable bonds is 1. The van der Waals surface area contributed by atoms with Gasteiger partial charge in [-0.25, -0.2) is 0 Å². The van der Waals surface area contributed by atoms with Gasteiger partial charge in [0.25, 0.3) is 0 Å². The molecule has 2 heteroatoms. The second kappa shape index (κ2) is 3.88. The second-order valence-corrected chi connectivity index (χ2v) is 5.14. The van der Waals surface area contributed by atoms with E-state index in [0.717, 1.165) is 19.4 Å². The molecule has 2 aromatic rings. The van der Waals surface area contributed by atoms with Gasteiger partial charge in [-0.05, 0) is 24.5 Å². The maximum atomic E-state index is 3.57. The molecule has 2 heterocycles. The van der Waals surface area contributed by atoms with Gasteiger partial charge in [-0.2, -0.15) is 0 Å². The van der Waals surface area contributed by atoms with Gasteiger partial charge in [0.15, 0.2) is 0 Å². The summed E-state index contributed by atoms with van der Waals surface area (Å²) in [6.45, 7) is 5.52. The highest BCUT2D eigenvalue weighted by molar-refractivity contribution is 5.88. The summed E-state index contributed by atoms with van der Waals surface area (Å²) in [5, 5.41) is 5.01. The zero-order chi connectivity index (χ0) is 12.0. The Morgan fingerprint density at radius 3 is 3.00 bits per heavy atom. The fourth-order valence-electron chi connectivity index (χ4n) is 3.10. The summed E-state index contributed by atoms with van der Waals surface area (Å²) in [7, 11) is 2.22. The molecule has 1 aliphatic heterocycles. The number of hydrogen-bond acceptors (Lipinski definition) is 1. The highest BCUT2D eigenvalue weighted by Gasteiger charge is 2.22. The molecule has 1 N–H and O–H groups in total. The molecule has 1 aromatic heterocycles. The standard InChI is InChI=1S/C15H20N2/c1-4-11-6-5-7-12-13-9-16-10(2)8-14(13)17(3)15(11)12/h5-7,10,16H,4,8-9H2,1-3H3. The first-order chi connectivity index (χ1) is 8.22. The molecular formula is C15H20N2. The van der Waals surface area contributed by atoms with Crippen LogP contribution in [0.3, 0.4) is 0 Å². The van der Waals surface area contributed by atoms with Crippen LogP contribution in [-0.4, -0.2) is 10.6 Å². The summed E-state index contributed by atoms with van der Waals surface area (Å²) < 4.78 is 2.42. The average molecular weight is 228 g/mol. The van der Waals surface area contributed by atoms with E-state index in [1.807, 2.05) is 0 Å². The van der Waals surface area contributed by atoms with Crippen LogP contribution in [0.5, 0.6) is 0 Å². The quantitative estimate of drug-likeness (QED) is 0.794. The molecule has 17 heavy (non-hydrogen) atoms. The smallest absolute Gasteiger partial charge is 0.0515 e. The first-order valence-corrected chi connectivity index (χ1v) is 6.53. The third-order valence-corrected chi connectivity index (χ3v) is 4.04. The van der Waals surface area contributed by atoms with E-state index in [9.17, 15) is 0 Å².